The van der Waals surface area contributed by atoms with Crippen LogP contribution >= 0.6 is 0 Å². The lowest BCUT2D eigenvalue weighted by atomic mass is 10.0. The summed E-state index contributed by atoms with van der Waals surface area (Å²) in [4.78, 5) is 11.4. The molecular formula is C15H19F3O2. The van der Waals surface area contributed by atoms with Crippen molar-refractivity contribution in [1.29, 1.82) is 0 Å². The summed E-state index contributed by atoms with van der Waals surface area (Å²) in [7, 11) is 1.35. The van der Waals surface area contributed by atoms with E-state index < -0.39 is 11.7 Å². The van der Waals surface area contributed by atoms with Gasteiger partial charge in [0.25, 0.3) is 0 Å². The van der Waals surface area contributed by atoms with Gasteiger partial charge in [0.15, 0.2) is 0 Å². The number of hydrogen-bond acceptors (Lipinski definition) is 2. The van der Waals surface area contributed by atoms with Gasteiger partial charge in [0.05, 0.1) is 12.7 Å². The van der Waals surface area contributed by atoms with E-state index in [9.17, 15) is 18.0 Å². The number of carbonyl (C=O) groups excluding carboxylic acids is 1. The van der Waals surface area contributed by atoms with Crippen LogP contribution in [0.15, 0.2) is 18.2 Å². The quantitative estimate of drug-likeness (QED) is 0.743. The highest BCUT2D eigenvalue weighted by Gasteiger charge is 2.31. The van der Waals surface area contributed by atoms with E-state index in [1.54, 1.807) is 0 Å². The van der Waals surface area contributed by atoms with Crippen molar-refractivity contribution < 1.29 is 22.7 Å². The van der Waals surface area contributed by atoms with Gasteiger partial charge in [0.1, 0.15) is 11.5 Å². The zero-order chi connectivity index (χ0) is 15.2. The third-order valence-corrected chi connectivity index (χ3v) is 3.04. The summed E-state index contributed by atoms with van der Waals surface area (Å²) < 4.78 is 42.7. The molecule has 0 radical (unpaired) electrons. The van der Waals surface area contributed by atoms with Crippen LogP contribution in [0, 0.1) is 0 Å². The Hall–Kier alpha value is -1.52. The van der Waals surface area contributed by atoms with Crippen molar-refractivity contribution in [3.8, 4) is 5.75 Å². The molecule has 1 aromatic carbocycles. The van der Waals surface area contributed by atoms with Crippen LogP contribution < -0.4 is 4.74 Å². The average molecular weight is 288 g/mol. The number of ketones is 1. The second-order valence-corrected chi connectivity index (χ2v) is 4.67. The van der Waals surface area contributed by atoms with Crippen LogP contribution in [0.2, 0.25) is 0 Å². The molecule has 0 unspecified atom stereocenters. The van der Waals surface area contributed by atoms with Crippen LogP contribution in [0.1, 0.15) is 43.7 Å². The van der Waals surface area contributed by atoms with Gasteiger partial charge in [-0.25, -0.2) is 0 Å². The fourth-order valence-electron chi connectivity index (χ4n) is 2.01. The van der Waals surface area contributed by atoms with E-state index in [0.717, 1.165) is 18.6 Å². The molecule has 0 amide bonds. The summed E-state index contributed by atoms with van der Waals surface area (Å²) in [6.07, 6.45) is -1.37. The maximum Gasteiger partial charge on any atom is 0.416 e. The number of hydrogen-bond donors (Lipinski definition) is 0. The molecule has 1 aromatic rings. The molecule has 20 heavy (non-hydrogen) atoms. The molecule has 0 N–H and O–H groups in total. The Morgan fingerprint density at radius 2 is 1.95 bits per heavy atom. The number of benzene rings is 1. The number of halogens is 3. The largest absolute Gasteiger partial charge is 0.496 e. The summed E-state index contributed by atoms with van der Waals surface area (Å²) in [5, 5.41) is 0. The van der Waals surface area contributed by atoms with Gasteiger partial charge in [0.2, 0.25) is 0 Å². The molecule has 2 nitrogen and oxygen atoms in total. The Balaban J connectivity index is 2.69. The molecule has 112 valence electrons. The normalized spacial score (nSPS) is 11.4. The highest BCUT2D eigenvalue weighted by atomic mass is 19.4. The van der Waals surface area contributed by atoms with Crippen LogP contribution in [0.3, 0.4) is 0 Å². The van der Waals surface area contributed by atoms with Crippen molar-refractivity contribution >= 4 is 5.78 Å². The molecule has 0 aliphatic carbocycles. The molecule has 0 fully saturated rings. The van der Waals surface area contributed by atoms with Crippen molar-refractivity contribution in [2.75, 3.05) is 7.11 Å². The van der Waals surface area contributed by atoms with Crippen molar-refractivity contribution in [2.24, 2.45) is 0 Å². The van der Waals surface area contributed by atoms with E-state index in [0.29, 0.717) is 31.2 Å². The van der Waals surface area contributed by atoms with E-state index in [-0.39, 0.29) is 11.5 Å². The lowest BCUT2D eigenvalue weighted by molar-refractivity contribution is -0.137. The van der Waals surface area contributed by atoms with Gasteiger partial charge in [0, 0.05) is 12.8 Å². The van der Waals surface area contributed by atoms with E-state index >= 15 is 0 Å². The first-order valence-electron chi connectivity index (χ1n) is 6.64. The molecule has 0 aliphatic rings. The Kier molecular flexibility index (Phi) is 6.05. The van der Waals surface area contributed by atoms with Gasteiger partial charge in [-0.05, 0) is 37.0 Å². The van der Waals surface area contributed by atoms with Crippen LogP contribution in [0.5, 0.6) is 5.75 Å². The minimum Gasteiger partial charge on any atom is -0.496 e. The van der Waals surface area contributed by atoms with Gasteiger partial charge < -0.3 is 4.74 Å². The zero-order valence-corrected chi connectivity index (χ0v) is 11.7. The summed E-state index contributed by atoms with van der Waals surface area (Å²) in [5.41, 5.74) is -0.0232. The van der Waals surface area contributed by atoms with E-state index in [1.165, 1.54) is 13.2 Å². The number of rotatable bonds is 7. The maximum absolute atomic E-state index is 12.6. The third-order valence-electron chi connectivity index (χ3n) is 3.04. The predicted octanol–water partition coefficient (Wildman–Crippen LogP) is 4.41. The molecule has 0 saturated heterocycles. The second-order valence-electron chi connectivity index (χ2n) is 4.67. The van der Waals surface area contributed by atoms with E-state index in [1.807, 2.05) is 6.92 Å². The standard InChI is InChI=1S/C15H19F3O2/c1-3-5-13(19)7-4-6-11-8-9-12(15(16,17)18)10-14(11)20-2/h8-10H,3-7H2,1-2H3. The van der Waals surface area contributed by atoms with Gasteiger partial charge >= 0.3 is 6.18 Å². The number of ether oxygens (including phenoxy) is 1. The smallest absolute Gasteiger partial charge is 0.416 e. The minimum atomic E-state index is -4.37. The topological polar surface area (TPSA) is 26.3 Å². The number of methoxy groups -OCH3 is 1. The lowest BCUT2D eigenvalue weighted by Gasteiger charge is -2.12. The minimum absolute atomic E-state index is 0.193. The van der Waals surface area contributed by atoms with Gasteiger partial charge in [-0.2, -0.15) is 13.2 Å². The van der Waals surface area contributed by atoms with Gasteiger partial charge in [-0.15, -0.1) is 0 Å². The number of Topliss-reactive ketones (excluding diaryl/α,β-unsaturated/α-hetero) is 1. The predicted molar refractivity (Wildman–Crippen MR) is 70.8 cm³/mol. The Bertz CT molecular complexity index is 453. The molecule has 0 saturated carbocycles. The number of alkyl halides is 3. The van der Waals surface area contributed by atoms with Crippen LogP contribution in [0.25, 0.3) is 0 Å². The Labute approximate surface area is 116 Å². The summed E-state index contributed by atoms with van der Waals surface area (Å²) in [5.74, 6) is 0.418. The molecule has 0 spiro atoms. The summed E-state index contributed by atoms with van der Waals surface area (Å²) in [6.45, 7) is 1.94. The maximum atomic E-state index is 12.6. The third kappa shape index (κ3) is 4.87. The SMILES string of the molecule is CCCC(=O)CCCc1ccc(C(F)(F)F)cc1OC. The van der Waals surface area contributed by atoms with Crippen molar-refractivity contribution in [1.82, 2.24) is 0 Å². The molecule has 0 aliphatic heterocycles. The van der Waals surface area contributed by atoms with Crippen molar-refractivity contribution in [3.05, 3.63) is 29.3 Å². The lowest BCUT2D eigenvalue weighted by Crippen LogP contribution is -2.06. The highest BCUT2D eigenvalue weighted by Crippen LogP contribution is 2.33. The van der Waals surface area contributed by atoms with E-state index in [2.05, 4.69) is 0 Å². The Morgan fingerprint density at radius 3 is 2.50 bits per heavy atom. The Morgan fingerprint density at radius 1 is 1.25 bits per heavy atom. The van der Waals surface area contributed by atoms with E-state index in [4.69, 9.17) is 4.74 Å². The van der Waals surface area contributed by atoms with Crippen molar-refractivity contribution in [3.63, 3.8) is 0 Å². The molecule has 0 atom stereocenters. The first-order valence-corrected chi connectivity index (χ1v) is 6.64. The number of carbonyl (C=O) groups is 1. The van der Waals surface area contributed by atoms with Crippen molar-refractivity contribution in [2.45, 2.75) is 45.2 Å². The fraction of sp³-hybridized carbons (Fsp3) is 0.533. The first kappa shape index (κ1) is 16.5. The van der Waals surface area contributed by atoms with Crippen LogP contribution in [-0.4, -0.2) is 12.9 Å². The highest BCUT2D eigenvalue weighted by molar-refractivity contribution is 5.78. The van der Waals surface area contributed by atoms with Gasteiger partial charge in [-0.3, -0.25) is 4.79 Å². The first-order chi connectivity index (χ1) is 9.38. The summed E-state index contributed by atoms with van der Waals surface area (Å²) in [6, 6.07) is 3.47. The zero-order valence-electron chi connectivity index (χ0n) is 11.7. The monoisotopic (exact) mass is 288 g/mol. The molecule has 1 rings (SSSR count). The molecule has 0 bridgehead atoms. The number of aryl methyl sites for hydroxylation is 1. The summed E-state index contributed by atoms with van der Waals surface area (Å²) >= 11 is 0. The molecular weight excluding hydrogens is 269 g/mol. The van der Waals surface area contributed by atoms with Crippen LogP contribution in [-0.2, 0) is 17.4 Å². The second kappa shape index (κ2) is 7.31. The van der Waals surface area contributed by atoms with Gasteiger partial charge in [-0.1, -0.05) is 13.0 Å². The fourth-order valence-corrected chi connectivity index (χ4v) is 2.01. The molecule has 0 heterocycles. The average Bonchev–Trinajstić information content (AvgIpc) is 2.38. The van der Waals surface area contributed by atoms with Crippen LogP contribution in [0.4, 0.5) is 13.2 Å². The molecule has 5 heteroatoms. The molecule has 0 aromatic heterocycles.